The first-order chi connectivity index (χ1) is 8.74. The molecule has 0 fully saturated rings. The standard InChI is InChI=1S/C14H12N2OS/c1-9-12(11-6-4-3-5-7-11)8-13(18-9)14-15-10(2)16-17-14/h3-8H,1-2H3. The Kier molecular flexibility index (Phi) is 2.72. The van der Waals surface area contributed by atoms with Gasteiger partial charge in [0.2, 0.25) is 0 Å². The van der Waals surface area contributed by atoms with E-state index in [2.05, 4.69) is 35.3 Å². The van der Waals surface area contributed by atoms with Gasteiger partial charge in [-0.25, -0.2) is 0 Å². The molecule has 0 saturated heterocycles. The molecule has 3 nitrogen and oxygen atoms in total. The molecule has 0 bridgehead atoms. The van der Waals surface area contributed by atoms with Crippen LogP contribution in [0.3, 0.4) is 0 Å². The van der Waals surface area contributed by atoms with Gasteiger partial charge in [-0.3, -0.25) is 0 Å². The van der Waals surface area contributed by atoms with Crippen molar-refractivity contribution in [1.82, 2.24) is 10.1 Å². The third-order valence-corrected chi connectivity index (χ3v) is 3.78. The lowest BCUT2D eigenvalue weighted by Gasteiger charge is -1.97. The van der Waals surface area contributed by atoms with Gasteiger partial charge in [0.15, 0.2) is 5.82 Å². The third-order valence-electron chi connectivity index (χ3n) is 2.74. The molecule has 1 aromatic carbocycles. The predicted octanol–water partition coefficient (Wildman–Crippen LogP) is 4.08. The Labute approximate surface area is 109 Å². The van der Waals surface area contributed by atoms with Crippen molar-refractivity contribution in [3.63, 3.8) is 0 Å². The molecule has 3 rings (SSSR count). The summed E-state index contributed by atoms with van der Waals surface area (Å²) < 4.78 is 5.20. The van der Waals surface area contributed by atoms with Gasteiger partial charge in [-0.15, -0.1) is 11.3 Å². The highest BCUT2D eigenvalue weighted by Gasteiger charge is 2.13. The molecular formula is C14H12N2OS. The average molecular weight is 256 g/mol. The van der Waals surface area contributed by atoms with Gasteiger partial charge in [0, 0.05) is 4.88 Å². The van der Waals surface area contributed by atoms with Gasteiger partial charge >= 0.3 is 0 Å². The first kappa shape index (κ1) is 11.2. The lowest BCUT2D eigenvalue weighted by Crippen LogP contribution is -1.75. The van der Waals surface area contributed by atoms with E-state index in [0.717, 1.165) is 4.88 Å². The van der Waals surface area contributed by atoms with E-state index in [9.17, 15) is 0 Å². The second-order valence-corrected chi connectivity index (χ2v) is 5.35. The number of rotatable bonds is 2. The van der Waals surface area contributed by atoms with E-state index in [4.69, 9.17) is 4.52 Å². The summed E-state index contributed by atoms with van der Waals surface area (Å²) in [5.41, 5.74) is 2.44. The molecule has 0 unspecified atom stereocenters. The number of nitrogens with zero attached hydrogens (tertiary/aromatic N) is 2. The van der Waals surface area contributed by atoms with Crippen LogP contribution in [-0.2, 0) is 0 Å². The highest BCUT2D eigenvalue weighted by atomic mass is 32.1. The first-order valence-electron chi connectivity index (χ1n) is 5.70. The summed E-state index contributed by atoms with van der Waals surface area (Å²) in [5.74, 6) is 1.26. The largest absolute Gasteiger partial charge is 0.333 e. The van der Waals surface area contributed by atoms with E-state index in [1.807, 2.05) is 25.1 Å². The van der Waals surface area contributed by atoms with Gasteiger partial charge < -0.3 is 4.52 Å². The minimum Gasteiger partial charge on any atom is -0.333 e. The highest BCUT2D eigenvalue weighted by molar-refractivity contribution is 7.15. The van der Waals surface area contributed by atoms with Crippen LogP contribution >= 0.6 is 11.3 Å². The van der Waals surface area contributed by atoms with Gasteiger partial charge in [-0.1, -0.05) is 35.5 Å². The summed E-state index contributed by atoms with van der Waals surface area (Å²) in [7, 11) is 0. The molecule has 0 amide bonds. The molecule has 18 heavy (non-hydrogen) atoms. The Hall–Kier alpha value is -1.94. The second kappa shape index (κ2) is 4.38. The lowest BCUT2D eigenvalue weighted by atomic mass is 10.1. The molecule has 4 heteroatoms. The van der Waals surface area contributed by atoms with E-state index >= 15 is 0 Å². The summed E-state index contributed by atoms with van der Waals surface area (Å²) in [6, 6.07) is 12.4. The molecule has 3 aromatic rings. The van der Waals surface area contributed by atoms with E-state index in [1.54, 1.807) is 11.3 Å². The molecule has 2 aromatic heterocycles. The van der Waals surface area contributed by atoms with Gasteiger partial charge in [0.25, 0.3) is 5.89 Å². The second-order valence-electron chi connectivity index (χ2n) is 4.09. The number of thiophene rings is 1. The van der Waals surface area contributed by atoms with Crippen molar-refractivity contribution in [1.29, 1.82) is 0 Å². The molecule has 0 N–H and O–H groups in total. The van der Waals surface area contributed by atoms with Crippen molar-refractivity contribution in [2.75, 3.05) is 0 Å². The fraction of sp³-hybridized carbons (Fsp3) is 0.143. The lowest BCUT2D eigenvalue weighted by molar-refractivity contribution is 0.426. The van der Waals surface area contributed by atoms with Crippen molar-refractivity contribution in [3.8, 4) is 21.9 Å². The van der Waals surface area contributed by atoms with E-state index < -0.39 is 0 Å². The van der Waals surface area contributed by atoms with Gasteiger partial charge in [-0.05, 0) is 31.0 Å². The molecule has 2 heterocycles. The fourth-order valence-electron chi connectivity index (χ4n) is 1.89. The summed E-state index contributed by atoms with van der Waals surface area (Å²) in [5, 5.41) is 3.83. The summed E-state index contributed by atoms with van der Waals surface area (Å²) >= 11 is 1.68. The Bertz CT molecular complexity index is 670. The Morgan fingerprint density at radius 1 is 1.11 bits per heavy atom. The SMILES string of the molecule is Cc1noc(-c2cc(-c3ccccc3)c(C)s2)n1. The molecule has 0 spiro atoms. The van der Waals surface area contributed by atoms with E-state index in [1.165, 1.54) is 16.0 Å². The molecule has 0 radical (unpaired) electrons. The quantitative estimate of drug-likeness (QED) is 0.693. The monoisotopic (exact) mass is 256 g/mol. The van der Waals surface area contributed by atoms with Crippen molar-refractivity contribution < 1.29 is 4.52 Å². The summed E-state index contributed by atoms with van der Waals surface area (Å²) in [6.45, 7) is 3.94. The van der Waals surface area contributed by atoms with Crippen molar-refractivity contribution in [2.45, 2.75) is 13.8 Å². The van der Waals surface area contributed by atoms with Gasteiger partial charge in [-0.2, -0.15) is 4.98 Å². The van der Waals surface area contributed by atoms with Crippen LogP contribution < -0.4 is 0 Å². The molecule has 0 aliphatic heterocycles. The number of hydrogen-bond acceptors (Lipinski definition) is 4. The van der Waals surface area contributed by atoms with Crippen LogP contribution in [0, 0.1) is 13.8 Å². The maximum atomic E-state index is 5.20. The van der Waals surface area contributed by atoms with E-state index in [0.29, 0.717) is 11.7 Å². The van der Waals surface area contributed by atoms with Crippen molar-refractivity contribution in [3.05, 3.63) is 47.1 Å². The topological polar surface area (TPSA) is 38.9 Å². The van der Waals surface area contributed by atoms with Crippen molar-refractivity contribution in [2.24, 2.45) is 0 Å². The zero-order valence-corrected chi connectivity index (χ0v) is 11.0. The Morgan fingerprint density at radius 2 is 1.89 bits per heavy atom. The minimum atomic E-state index is 0.600. The number of benzene rings is 1. The third kappa shape index (κ3) is 1.95. The Morgan fingerprint density at radius 3 is 2.56 bits per heavy atom. The maximum absolute atomic E-state index is 5.20. The Balaban J connectivity index is 2.06. The highest BCUT2D eigenvalue weighted by Crippen LogP contribution is 2.35. The first-order valence-corrected chi connectivity index (χ1v) is 6.52. The van der Waals surface area contributed by atoms with Crippen LogP contribution in [0.5, 0.6) is 0 Å². The molecule has 0 aliphatic rings. The molecule has 0 aliphatic carbocycles. The predicted molar refractivity (Wildman–Crippen MR) is 72.5 cm³/mol. The number of aromatic nitrogens is 2. The maximum Gasteiger partial charge on any atom is 0.268 e. The fourth-order valence-corrected chi connectivity index (χ4v) is 2.85. The normalized spacial score (nSPS) is 10.8. The van der Waals surface area contributed by atoms with E-state index in [-0.39, 0.29) is 0 Å². The van der Waals surface area contributed by atoms with Crippen LogP contribution in [0.2, 0.25) is 0 Å². The zero-order chi connectivity index (χ0) is 12.5. The van der Waals surface area contributed by atoms with Crippen LogP contribution in [0.15, 0.2) is 40.9 Å². The van der Waals surface area contributed by atoms with Crippen LogP contribution in [0.1, 0.15) is 10.7 Å². The van der Waals surface area contributed by atoms with Gasteiger partial charge in [0.05, 0.1) is 4.88 Å². The van der Waals surface area contributed by atoms with Crippen molar-refractivity contribution >= 4 is 11.3 Å². The smallest absolute Gasteiger partial charge is 0.268 e. The number of hydrogen-bond donors (Lipinski definition) is 0. The number of aryl methyl sites for hydroxylation is 2. The average Bonchev–Trinajstić information content (AvgIpc) is 2.97. The molecule has 0 saturated carbocycles. The van der Waals surface area contributed by atoms with Crippen LogP contribution in [0.4, 0.5) is 0 Å². The molecular weight excluding hydrogens is 244 g/mol. The zero-order valence-electron chi connectivity index (χ0n) is 10.2. The summed E-state index contributed by atoms with van der Waals surface area (Å²) in [4.78, 5) is 6.54. The molecule has 0 atom stereocenters. The minimum absolute atomic E-state index is 0.600. The van der Waals surface area contributed by atoms with Crippen LogP contribution in [0.25, 0.3) is 21.9 Å². The van der Waals surface area contributed by atoms with Gasteiger partial charge in [0.1, 0.15) is 0 Å². The molecule has 90 valence electrons. The van der Waals surface area contributed by atoms with Crippen LogP contribution in [-0.4, -0.2) is 10.1 Å². The summed E-state index contributed by atoms with van der Waals surface area (Å²) in [6.07, 6.45) is 0.